The quantitative estimate of drug-likeness (QED) is 0.662. The highest BCUT2D eigenvalue weighted by Gasteiger charge is 2.18. The van der Waals surface area contributed by atoms with Gasteiger partial charge in [-0.15, -0.1) is 12.4 Å². The van der Waals surface area contributed by atoms with E-state index >= 15 is 0 Å². The van der Waals surface area contributed by atoms with Crippen LogP contribution in [0.25, 0.3) is 0 Å². The molecule has 1 saturated heterocycles. The molecule has 1 aromatic rings. The lowest BCUT2D eigenvalue weighted by molar-refractivity contribution is -0.123. The Bertz CT molecular complexity index is 604. The van der Waals surface area contributed by atoms with Gasteiger partial charge in [0, 0.05) is 24.2 Å². The summed E-state index contributed by atoms with van der Waals surface area (Å²) < 4.78 is 10.8. The summed E-state index contributed by atoms with van der Waals surface area (Å²) >= 11 is 0. The lowest BCUT2D eigenvalue weighted by Gasteiger charge is -2.24. The summed E-state index contributed by atoms with van der Waals surface area (Å²) in [6.07, 6.45) is 2.03. The molecule has 2 rings (SSSR count). The van der Waals surface area contributed by atoms with Crippen LogP contribution in [0.1, 0.15) is 37.0 Å². The number of benzene rings is 1. The number of hydrogen-bond donors (Lipinski definition) is 3. The van der Waals surface area contributed by atoms with Crippen LogP contribution in [0.5, 0.6) is 11.5 Å². The number of carbonyl (C=O) groups is 2. The molecular weight excluding hydrogens is 358 g/mol. The predicted octanol–water partition coefficient (Wildman–Crippen LogP) is 1.50. The van der Waals surface area contributed by atoms with Gasteiger partial charge < -0.3 is 25.4 Å². The Hall–Kier alpha value is -1.99. The van der Waals surface area contributed by atoms with Crippen molar-refractivity contribution < 1.29 is 19.1 Å². The summed E-state index contributed by atoms with van der Waals surface area (Å²) in [5.74, 6) is 0.504. The van der Waals surface area contributed by atoms with Gasteiger partial charge in [0.2, 0.25) is 0 Å². The van der Waals surface area contributed by atoms with Crippen molar-refractivity contribution in [2.24, 2.45) is 0 Å². The standard InChI is InChI=1S/C18H27N3O4.ClH/c1-12(2)20-17(22)11-25-15-7-6-13(9-16(15)24-3)18(23)21-14-5-4-8-19-10-14;/h6-7,9,12,14,19H,4-5,8,10-11H2,1-3H3,(H,20,22)(H,21,23);1H/t14-;/m0./s1. The summed E-state index contributed by atoms with van der Waals surface area (Å²) in [5.41, 5.74) is 0.501. The normalized spacial score (nSPS) is 16.4. The zero-order chi connectivity index (χ0) is 18.2. The molecule has 2 amide bonds. The van der Waals surface area contributed by atoms with Crippen molar-refractivity contribution in [1.29, 1.82) is 0 Å². The molecule has 0 bridgehead atoms. The Morgan fingerprint density at radius 2 is 2.08 bits per heavy atom. The minimum atomic E-state index is -0.205. The largest absolute Gasteiger partial charge is 0.493 e. The minimum Gasteiger partial charge on any atom is -0.493 e. The van der Waals surface area contributed by atoms with E-state index < -0.39 is 0 Å². The molecule has 0 radical (unpaired) electrons. The molecule has 7 nitrogen and oxygen atoms in total. The van der Waals surface area contributed by atoms with Crippen molar-refractivity contribution in [3.63, 3.8) is 0 Å². The molecule has 1 heterocycles. The Balaban J connectivity index is 0.00000338. The molecule has 1 atom stereocenters. The summed E-state index contributed by atoms with van der Waals surface area (Å²) in [4.78, 5) is 24.1. The van der Waals surface area contributed by atoms with Crippen LogP contribution in [0.2, 0.25) is 0 Å². The number of hydrogen-bond acceptors (Lipinski definition) is 5. The van der Waals surface area contributed by atoms with Crippen LogP contribution in [0.4, 0.5) is 0 Å². The van der Waals surface area contributed by atoms with Crippen LogP contribution in [0.3, 0.4) is 0 Å². The van der Waals surface area contributed by atoms with E-state index in [0.29, 0.717) is 17.1 Å². The van der Waals surface area contributed by atoms with Gasteiger partial charge in [0.05, 0.1) is 7.11 Å². The number of rotatable bonds is 7. The molecule has 1 aliphatic heterocycles. The fourth-order valence-corrected chi connectivity index (χ4v) is 2.68. The van der Waals surface area contributed by atoms with Crippen molar-refractivity contribution in [2.75, 3.05) is 26.8 Å². The van der Waals surface area contributed by atoms with Crippen LogP contribution < -0.4 is 25.4 Å². The number of amides is 2. The maximum Gasteiger partial charge on any atom is 0.258 e. The Labute approximate surface area is 160 Å². The molecule has 1 aromatic carbocycles. The summed E-state index contributed by atoms with van der Waals surface area (Å²) in [6.45, 7) is 5.45. The maximum absolute atomic E-state index is 12.4. The van der Waals surface area contributed by atoms with Crippen LogP contribution in [-0.2, 0) is 4.79 Å². The fraction of sp³-hybridized carbons (Fsp3) is 0.556. The van der Waals surface area contributed by atoms with Gasteiger partial charge in [0.15, 0.2) is 18.1 Å². The number of nitrogens with one attached hydrogen (secondary N) is 3. The molecule has 0 spiro atoms. The predicted molar refractivity (Wildman–Crippen MR) is 102 cm³/mol. The number of carbonyl (C=O) groups excluding carboxylic acids is 2. The lowest BCUT2D eigenvalue weighted by Crippen LogP contribution is -2.45. The third-order valence-electron chi connectivity index (χ3n) is 3.87. The third kappa shape index (κ3) is 6.72. The van der Waals surface area contributed by atoms with Gasteiger partial charge in [-0.1, -0.05) is 0 Å². The highest BCUT2D eigenvalue weighted by Crippen LogP contribution is 2.28. The summed E-state index contributed by atoms with van der Waals surface area (Å²) in [7, 11) is 1.50. The van der Waals surface area contributed by atoms with Gasteiger partial charge >= 0.3 is 0 Å². The minimum absolute atomic E-state index is 0. The second-order valence-electron chi connectivity index (χ2n) is 6.39. The average molecular weight is 386 g/mol. The number of methoxy groups -OCH3 is 1. The second kappa shape index (κ2) is 10.9. The molecule has 0 aromatic heterocycles. The van der Waals surface area contributed by atoms with Crippen molar-refractivity contribution in [2.45, 2.75) is 38.8 Å². The van der Waals surface area contributed by atoms with E-state index in [1.54, 1.807) is 18.2 Å². The highest BCUT2D eigenvalue weighted by molar-refractivity contribution is 5.95. The first kappa shape index (κ1) is 22.1. The molecule has 0 saturated carbocycles. The first-order chi connectivity index (χ1) is 12.0. The molecule has 8 heteroatoms. The van der Waals surface area contributed by atoms with Crippen molar-refractivity contribution in [3.05, 3.63) is 23.8 Å². The molecule has 26 heavy (non-hydrogen) atoms. The molecule has 0 unspecified atom stereocenters. The monoisotopic (exact) mass is 385 g/mol. The molecule has 1 fully saturated rings. The van der Waals surface area contributed by atoms with E-state index in [1.165, 1.54) is 7.11 Å². The second-order valence-corrected chi connectivity index (χ2v) is 6.39. The van der Waals surface area contributed by atoms with E-state index in [1.807, 2.05) is 13.8 Å². The molecule has 0 aliphatic carbocycles. The topological polar surface area (TPSA) is 88.7 Å². The molecule has 3 N–H and O–H groups in total. The smallest absolute Gasteiger partial charge is 0.258 e. The van der Waals surface area contributed by atoms with Crippen LogP contribution in [0, 0.1) is 0 Å². The summed E-state index contributed by atoms with van der Waals surface area (Å²) in [5, 5.41) is 9.03. The van der Waals surface area contributed by atoms with Crippen molar-refractivity contribution in [1.82, 2.24) is 16.0 Å². The molecule has 1 aliphatic rings. The van der Waals surface area contributed by atoms with Crippen molar-refractivity contribution >= 4 is 24.2 Å². The van der Waals surface area contributed by atoms with E-state index in [9.17, 15) is 9.59 Å². The first-order valence-corrected chi connectivity index (χ1v) is 8.61. The first-order valence-electron chi connectivity index (χ1n) is 8.61. The maximum atomic E-state index is 12.4. The van der Waals surface area contributed by atoms with Gasteiger partial charge in [-0.05, 0) is 51.4 Å². The Kier molecular flexibility index (Phi) is 9.23. The number of ether oxygens (including phenoxy) is 2. The third-order valence-corrected chi connectivity index (χ3v) is 3.87. The lowest BCUT2D eigenvalue weighted by atomic mass is 10.1. The molecular formula is C18H28ClN3O4. The SMILES string of the molecule is COc1cc(C(=O)N[C@H]2CCCNC2)ccc1OCC(=O)NC(C)C.Cl. The number of halogens is 1. The Morgan fingerprint density at radius 1 is 1.31 bits per heavy atom. The zero-order valence-electron chi connectivity index (χ0n) is 15.5. The van der Waals surface area contributed by atoms with Gasteiger partial charge in [0.1, 0.15) is 0 Å². The zero-order valence-corrected chi connectivity index (χ0v) is 16.3. The van der Waals surface area contributed by atoms with Gasteiger partial charge in [0.25, 0.3) is 11.8 Å². The van der Waals surface area contributed by atoms with E-state index in [2.05, 4.69) is 16.0 Å². The number of piperidine rings is 1. The highest BCUT2D eigenvalue weighted by atomic mass is 35.5. The Morgan fingerprint density at radius 3 is 2.69 bits per heavy atom. The van der Waals surface area contributed by atoms with E-state index in [4.69, 9.17) is 9.47 Å². The van der Waals surface area contributed by atoms with Crippen LogP contribution in [0.15, 0.2) is 18.2 Å². The van der Waals surface area contributed by atoms with Gasteiger partial charge in [-0.3, -0.25) is 9.59 Å². The summed E-state index contributed by atoms with van der Waals surface area (Å²) in [6, 6.07) is 5.14. The van der Waals surface area contributed by atoms with Gasteiger partial charge in [-0.2, -0.15) is 0 Å². The average Bonchev–Trinajstić information content (AvgIpc) is 2.60. The van der Waals surface area contributed by atoms with Gasteiger partial charge in [-0.25, -0.2) is 0 Å². The fourth-order valence-electron chi connectivity index (χ4n) is 2.68. The van der Waals surface area contributed by atoms with Crippen LogP contribution >= 0.6 is 12.4 Å². The van der Waals surface area contributed by atoms with Crippen LogP contribution in [-0.4, -0.2) is 50.7 Å². The van der Waals surface area contributed by atoms with E-state index in [0.717, 1.165) is 25.9 Å². The van der Waals surface area contributed by atoms with Crippen molar-refractivity contribution in [3.8, 4) is 11.5 Å². The van der Waals surface area contributed by atoms with E-state index in [-0.39, 0.29) is 42.9 Å². The molecule has 146 valence electrons.